The van der Waals surface area contributed by atoms with E-state index in [-0.39, 0.29) is 0 Å². The van der Waals surface area contributed by atoms with Crippen molar-refractivity contribution in [2.75, 3.05) is 0 Å². The molecule has 0 spiro atoms. The van der Waals surface area contributed by atoms with Crippen LogP contribution in [0.2, 0.25) is 0 Å². The van der Waals surface area contributed by atoms with Crippen molar-refractivity contribution in [3.63, 3.8) is 0 Å². The van der Waals surface area contributed by atoms with Gasteiger partial charge in [-0.15, -0.1) is 11.3 Å². The first-order chi connectivity index (χ1) is 27.3. The lowest BCUT2D eigenvalue weighted by atomic mass is 9.99. The standard InChI is InChI=1S/C50H28N4S/c1-2-13-30(14-3-1)46-49-47(36-18-8-11-21-42(36)55-49)52-50(51-46)31-22-25-32(26-23-31)53-38-19-9-6-16-34(38)44-41(53)28-37-43-33-15-5-4-12-29(33)24-27-40(43)54-39-20-10-7-17-35(39)45(44)48(37)54/h1-28H. The van der Waals surface area contributed by atoms with Gasteiger partial charge in [-0.2, -0.15) is 0 Å². The van der Waals surface area contributed by atoms with Gasteiger partial charge in [-0.1, -0.05) is 115 Å². The maximum absolute atomic E-state index is 5.25. The van der Waals surface area contributed by atoms with Crippen molar-refractivity contribution in [3.05, 3.63) is 170 Å². The van der Waals surface area contributed by atoms with E-state index in [0.29, 0.717) is 0 Å². The molecule has 5 heteroatoms. The van der Waals surface area contributed by atoms with Gasteiger partial charge in [-0.05, 0) is 65.4 Å². The van der Waals surface area contributed by atoms with Crippen molar-refractivity contribution in [1.29, 1.82) is 0 Å². The van der Waals surface area contributed by atoms with Crippen LogP contribution in [0.1, 0.15) is 0 Å². The van der Waals surface area contributed by atoms with E-state index in [1.807, 2.05) is 0 Å². The third-order valence-corrected chi connectivity index (χ3v) is 12.8. The van der Waals surface area contributed by atoms with E-state index in [4.69, 9.17) is 9.97 Å². The molecule has 0 saturated carbocycles. The van der Waals surface area contributed by atoms with Gasteiger partial charge >= 0.3 is 0 Å². The molecule has 13 rings (SSSR count). The first-order valence-electron chi connectivity index (χ1n) is 18.7. The Bertz CT molecular complexity index is 3700. The van der Waals surface area contributed by atoms with Crippen molar-refractivity contribution >= 4 is 102 Å². The number of benzene rings is 8. The maximum atomic E-state index is 5.25. The summed E-state index contributed by atoms with van der Waals surface area (Å²) in [5.74, 6) is 0.731. The molecule has 5 heterocycles. The lowest BCUT2D eigenvalue weighted by molar-refractivity contribution is 1.18. The van der Waals surface area contributed by atoms with E-state index in [9.17, 15) is 0 Å². The molecule has 13 aromatic rings. The summed E-state index contributed by atoms with van der Waals surface area (Å²) < 4.78 is 7.29. The van der Waals surface area contributed by atoms with Gasteiger partial charge in [-0.25, -0.2) is 9.97 Å². The molecule has 4 nitrogen and oxygen atoms in total. The topological polar surface area (TPSA) is 35.1 Å². The molecule has 0 atom stereocenters. The number of hydrogen-bond acceptors (Lipinski definition) is 3. The molecule has 5 aromatic heterocycles. The maximum Gasteiger partial charge on any atom is 0.160 e. The van der Waals surface area contributed by atoms with Gasteiger partial charge in [0.25, 0.3) is 0 Å². The summed E-state index contributed by atoms with van der Waals surface area (Å²) >= 11 is 1.76. The first-order valence-corrected chi connectivity index (χ1v) is 19.5. The highest BCUT2D eigenvalue weighted by Crippen LogP contribution is 2.48. The van der Waals surface area contributed by atoms with Crippen molar-refractivity contribution in [1.82, 2.24) is 18.9 Å². The number of hydrogen-bond donors (Lipinski definition) is 0. The Labute approximate surface area is 318 Å². The molecule has 0 amide bonds. The van der Waals surface area contributed by atoms with Crippen LogP contribution >= 0.6 is 11.3 Å². The van der Waals surface area contributed by atoms with Crippen LogP contribution in [-0.4, -0.2) is 18.9 Å². The zero-order valence-electron chi connectivity index (χ0n) is 29.4. The zero-order valence-corrected chi connectivity index (χ0v) is 30.2. The quantitative estimate of drug-likeness (QED) is 0.182. The fourth-order valence-corrected chi connectivity index (χ4v) is 10.5. The van der Waals surface area contributed by atoms with E-state index in [2.05, 4.69) is 179 Å². The highest BCUT2D eigenvalue weighted by Gasteiger charge is 2.25. The Morgan fingerprint density at radius 2 is 1.13 bits per heavy atom. The third-order valence-electron chi connectivity index (χ3n) is 11.6. The number of nitrogens with zero attached hydrogens (tertiary/aromatic N) is 4. The summed E-state index contributed by atoms with van der Waals surface area (Å²) in [5, 5.41) is 11.4. The zero-order chi connectivity index (χ0) is 35.8. The minimum absolute atomic E-state index is 0.731. The number of rotatable bonds is 3. The van der Waals surface area contributed by atoms with Crippen LogP contribution in [0.15, 0.2) is 170 Å². The van der Waals surface area contributed by atoms with Gasteiger partial charge < -0.3 is 8.97 Å². The van der Waals surface area contributed by atoms with Crippen LogP contribution in [0.25, 0.3) is 119 Å². The molecule has 0 aliphatic carbocycles. The first kappa shape index (κ1) is 29.4. The van der Waals surface area contributed by atoms with Crippen molar-refractivity contribution in [2.24, 2.45) is 0 Å². The van der Waals surface area contributed by atoms with Crippen LogP contribution in [0.3, 0.4) is 0 Å². The Kier molecular flexibility index (Phi) is 5.74. The summed E-state index contributed by atoms with van der Waals surface area (Å²) in [6.07, 6.45) is 0. The monoisotopic (exact) mass is 716 g/mol. The second kappa shape index (κ2) is 10.8. The third kappa shape index (κ3) is 3.89. The number of thiophene rings is 1. The fraction of sp³-hybridized carbons (Fsp3) is 0. The largest absolute Gasteiger partial charge is 0.309 e. The van der Waals surface area contributed by atoms with Gasteiger partial charge in [0.1, 0.15) is 0 Å². The van der Waals surface area contributed by atoms with Gasteiger partial charge in [0.2, 0.25) is 0 Å². The molecule has 8 aromatic carbocycles. The highest BCUT2D eigenvalue weighted by molar-refractivity contribution is 7.26. The molecule has 254 valence electrons. The summed E-state index contributed by atoms with van der Waals surface area (Å²) in [7, 11) is 0. The van der Waals surface area contributed by atoms with E-state index in [1.165, 1.54) is 80.8 Å². The molecule has 0 fully saturated rings. The van der Waals surface area contributed by atoms with Crippen LogP contribution in [0.5, 0.6) is 0 Å². The number of para-hydroxylation sites is 2. The van der Waals surface area contributed by atoms with Crippen LogP contribution in [-0.2, 0) is 0 Å². The van der Waals surface area contributed by atoms with Gasteiger partial charge in [0, 0.05) is 59.2 Å². The molecule has 0 bridgehead atoms. The minimum atomic E-state index is 0.731. The van der Waals surface area contributed by atoms with Gasteiger partial charge in [-0.3, -0.25) is 0 Å². The number of fused-ring (bicyclic) bond motifs is 15. The molecular formula is C50H28N4S. The molecule has 0 unspecified atom stereocenters. The summed E-state index contributed by atoms with van der Waals surface area (Å²) in [6, 6.07) is 61.5. The van der Waals surface area contributed by atoms with Gasteiger partial charge in [0.05, 0.1) is 43.5 Å². The fourth-order valence-electron chi connectivity index (χ4n) is 9.33. The molecule has 0 N–H and O–H groups in total. The van der Waals surface area contributed by atoms with E-state index in [0.717, 1.165) is 38.5 Å². The van der Waals surface area contributed by atoms with Crippen LogP contribution in [0, 0.1) is 0 Å². The molecule has 0 aliphatic rings. The molecule has 0 saturated heterocycles. The van der Waals surface area contributed by atoms with Gasteiger partial charge in [0.15, 0.2) is 5.82 Å². The summed E-state index contributed by atoms with van der Waals surface area (Å²) in [4.78, 5) is 10.5. The van der Waals surface area contributed by atoms with E-state index < -0.39 is 0 Å². The minimum Gasteiger partial charge on any atom is -0.309 e. The van der Waals surface area contributed by atoms with Crippen molar-refractivity contribution < 1.29 is 0 Å². The Balaban J connectivity index is 1.09. The highest BCUT2D eigenvalue weighted by atomic mass is 32.1. The van der Waals surface area contributed by atoms with Crippen molar-refractivity contribution in [3.8, 4) is 28.3 Å². The molecule has 0 aliphatic heterocycles. The average molecular weight is 717 g/mol. The molecule has 0 radical (unpaired) electrons. The smallest absolute Gasteiger partial charge is 0.160 e. The van der Waals surface area contributed by atoms with Crippen molar-refractivity contribution in [2.45, 2.75) is 0 Å². The predicted molar refractivity (Wildman–Crippen MR) is 232 cm³/mol. The second-order valence-electron chi connectivity index (χ2n) is 14.5. The SMILES string of the molecule is c1ccc(-c2nc(-c3ccc(-n4c5ccccc5c5c6c7ccccc7n7c8ccc9ccccc9c8c(cc54)c67)cc3)nc3c2sc2ccccc23)cc1. The normalized spacial score (nSPS) is 12.4. The van der Waals surface area contributed by atoms with E-state index in [1.54, 1.807) is 11.3 Å². The number of aromatic nitrogens is 4. The predicted octanol–water partition coefficient (Wildman–Crippen LogP) is 13.6. The Hall–Kier alpha value is -7.08. The van der Waals surface area contributed by atoms with Crippen LogP contribution < -0.4 is 0 Å². The summed E-state index contributed by atoms with van der Waals surface area (Å²) in [5.41, 5.74) is 11.3. The Morgan fingerprint density at radius 1 is 0.436 bits per heavy atom. The second-order valence-corrected chi connectivity index (χ2v) is 15.6. The average Bonchev–Trinajstić information content (AvgIpc) is 3.99. The molecule has 55 heavy (non-hydrogen) atoms. The van der Waals surface area contributed by atoms with E-state index >= 15 is 0 Å². The van der Waals surface area contributed by atoms with Crippen LogP contribution in [0.4, 0.5) is 0 Å². The summed E-state index contributed by atoms with van der Waals surface area (Å²) in [6.45, 7) is 0. The lowest BCUT2D eigenvalue weighted by Crippen LogP contribution is -1.96. The lowest BCUT2D eigenvalue weighted by Gasteiger charge is -2.11. The molecular weight excluding hydrogens is 689 g/mol. The Morgan fingerprint density at radius 3 is 1.96 bits per heavy atom.